The third-order valence-electron chi connectivity index (χ3n) is 4.13. The van der Waals surface area contributed by atoms with Gasteiger partial charge in [-0.2, -0.15) is 0 Å². The number of thiocarbonyl (C=S) groups is 1. The molecule has 2 rings (SSSR count). The van der Waals surface area contributed by atoms with Crippen LogP contribution in [-0.4, -0.2) is 11.2 Å². The van der Waals surface area contributed by atoms with Crippen molar-refractivity contribution in [2.24, 2.45) is 5.92 Å². The lowest BCUT2D eigenvalue weighted by molar-refractivity contribution is 0.308. The predicted octanol–water partition coefficient (Wildman–Crippen LogP) is 3.67. The molecular weight excluding hydrogens is 266 g/mol. The number of hydrogen-bond donors (Lipinski definition) is 3. The van der Waals surface area contributed by atoms with Crippen LogP contribution in [0.15, 0.2) is 18.2 Å². The van der Waals surface area contributed by atoms with Gasteiger partial charge in [0.25, 0.3) is 0 Å². The van der Waals surface area contributed by atoms with Crippen molar-refractivity contribution in [2.45, 2.75) is 52.5 Å². The minimum atomic E-state index is 0.504. The van der Waals surface area contributed by atoms with Crippen molar-refractivity contribution < 1.29 is 0 Å². The van der Waals surface area contributed by atoms with Crippen molar-refractivity contribution in [3.05, 3.63) is 29.3 Å². The van der Waals surface area contributed by atoms with E-state index in [1.807, 2.05) is 0 Å². The van der Waals surface area contributed by atoms with Crippen molar-refractivity contribution in [3.8, 4) is 0 Å². The Hall–Kier alpha value is -1.29. The molecule has 1 aliphatic carbocycles. The maximum absolute atomic E-state index is 5.38. The average molecular weight is 291 g/mol. The van der Waals surface area contributed by atoms with Crippen LogP contribution in [-0.2, 0) is 0 Å². The number of nitrogens with one attached hydrogen (secondary N) is 3. The van der Waals surface area contributed by atoms with E-state index in [2.05, 4.69) is 55.1 Å². The van der Waals surface area contributed by atoms with Gasteiger partial charge in [-0.3, -0.25) is 10.9 Å². The van der Waals surface area contributed by atoms with Gasteiger partial charge in [0.15, 0.2) is 5.11 Å². The van der Waals surface area contributed by atoms with Gasteiger partial charge < -0.3 is 5.32 Å². The molecule has 110 valence electrons. The molecule has 1 aromatic carbocycles. The normalized spacial score (nSPS) is 22.1. The van der Waals surface area contributed by atoms with Gasteiger partial charge in [-0.15, -0.1) is 0 Å². The Morgan fingerprint density at radius 2 is 1.95 bits per heavy atom. The smallest absolute Gasteiger partial charge is 0.185 e. The molecule has 0 spiro atoms. The number of benzene rings is 1. The summed E-state index contributed by atoms with van der Waals surface area (Å²) in [6, 6.07) is 6.85. The van der Waals surface area contributed by atoms with E-state index < -0.39 is 0 Å². The summed E-state index contributed by atoms with van der Waals surface area (Å²) < 4.78 is 0. The van der Waals surface area contributed by atoms with Crippen LogP contribution >= 0.6 is 12.2 Å². The second-order valence-electron chi connectivity index (χ2n) is 5.91. The number of hydrogen-bond acceptors (Lipinski definition) is 2. The van der Waals surface area contributed by atoms with Crippen LogP contribution in [0.3, 0.4) is 0 Å². The van der Waals surface area contributed by atoms with Crippen LogP contribution in [0.4, 0.5) is 5.69 Å². The molecule has 0 saturated heterocycles. The van der Waals surface area contributed by atoms with E-state index >= 15 is 0 Å². The van der Waals surface area contributed by atoms with Crippen molar-refractivity contribution in [1.29, 1.82) is 0 Å². The Morgan fingerprint density at radius 3 is 2.70 bits per heavy atom. The summed E-state index contributed by atoms with van der Waals surface area (Å²) in [7, 11) is 0. The zero-order chi connectivity index (χ0) is 14.5. The first kappa shape index (κ1) is 15.1. The molecule has 20 heavy (non-hydrogen) atoms. The first-order valence-electron chi connectivity index (χ1n) is 7.46. The fourth-order valence-electron chi connectivity index (χ4n) is 2.73. The minimum Gasteiger partial charge on any atom is -0.358 e. The van der Waals surface area contributed by atoms with E-state index in [0.717, 1.165) is 5.69 Å². The molecule has 0 heterocycles. The Kier molecular flexibility index (Phi) is 5.24. The standard InChI is InChI=1S/C16H25N3S/c1-11-8-9-13(3)15(10-11)18-19-16(20)17-14-7-5-4-6-12(14)2/h8-10,12,14,18H,4-7H2,1-3H3,(H2,17,19,20)/t12-,14-/m0/s1. The predicted molar refractivity (Wildman–Crippen MR) is 89.8 cm³/mol. The van der Waals surface area contributed by atoms with Gasteiger partial charge in [0.2, 0.25) is 0 Å². The molecule has 0 unspecified atom stereocenters. The number of aryl methyl sites for hydroxylation is 2. The maximum atomic E-state index is 5.38. The average Bonchev–Trinajstić information content (AvgIpc) is 2.42. The first-order chi connectivity index (χ1) is 9.56. The molecule has 1 aromatic rings. The van der Waals surface area contributed by atoms with E-state index in [1.165, 1.54) is 36.8 Å². The summed E-state index contributed by atoms with van der Waals surface area (Å²) in [6.07, 6.45) is 5.16. The molecule has 0 bridgehead atoms. The zero-order valence-electron chi connectivity index (χ0n) is 12.6. The molecule has 1 saturated carbocycles. The van der Waals surface area contributed by atoms with Crippen LogP contribution in [0, 0.1) is 19.8 Å². The Labute approximate surface area is 127 Å². The lowest BCUT2D eigenvalue weighted by Gasteiger charge is -2.30. The minimum absolute atomic E-state index is 0.504. The molecular formula is C16H25N3S. The van der Waals surface area contributed by atoms with Crippen LogP contribution < -0.4 is 16.2 Å². The van der Waals surface area contributed by atoms with Crippen LogP contribution in [0.2, 0.25) is 0 Å². The lowest BCUT2D eigenvalue weighted by Crippen LogP contribution is -2.47. The van der Waals surface area contributed by atoms with Gasteiger partial charge in [-0.1, -0.05) is 31.9 Å². The summed E-state index contributed by atoms with van der Waals surface area (Å²) in [5.74, 6) is 0.698. The van der Waals surface area contributed by atoms with Gasteiger partial charge in [0.05, 0.1) is 5.69 Å². The summed E-state index contributed by atoms with van der Waals surface area (Å²) in [5, 5.41) is 4.12. The highest BCUT2D eigenvalue weighted by Gasteiger charge is 2.21. The molecule has 0 aliphatic heterocycles. The van der Waals surface area contributed by atoms with Crippen molar-refractivity contribution in [2.75, 3.05) is 5.43 Å². The lowest BCUT2D eigenvalue weighted by atomic mass is 9.86. The van der Waals surface area contributed by atoms with E-state index in [9.17, 15) is 0 Å². The Balaban J connectivity index is 1.84. The summed E-state index contributed by atoms with van der Waals surface area (Å²) in [4.78, 5) is 0. The SMILES string of the molecule is Cc1ccc(C)c(NNC(=S)N[C@H]2CCCC[C@@H]2C)c1. The fraction of sp³-hybridized carbons (Fsp3) is 0.562. The summed E-state index contributed by atoms with van der Waals surface area (Å²) in [6.45, 7) is 6.48. The second-order valence-corrected chi connectivity index (χ2v) is 6.32. The highest BCUT2D eigenvalue weighted by molar-refractivity contribution is 7.80. The van der Waals surface area contributed by atoms with E-state index in [1.54, 1.807) is 0 Å². The third-order valence-corrected chi connectivity index (χ3v) is 4.35. The largest absolute Gasteiger partial charge is 0.358 e. The fourth-order valence-corrected chi connectivity index (χ4v) is 2.93. The molecule has 2 atom stereocenters. The van der Waals surface area contributed by atoms with Gasteiger partial charge in [-0.05, 0) is 62.0 Å². The molecule has 1 fully saturated rings. The molecule has 0 radical (unpaired) electrons. The van der Waals surface area contributed by atoms with Crippen molar-refractivity contribution in [3.63, 3.8) is 0 Å². The maximum Gasteiger partial charge on any atom is 0.185 e. The summed E-state index contributed by atoms with van der Waals surface area (Å²) in [5.41, 5.74) is 9.83. The van der Waals surface area contributed by atoms with E-state index in [4.69, 9.17) is 12.2 Å². The number of rotatable bonds is 3. The highest BCUT2D eigenvalue weighted by atomic mass is 32.1. The van der Waals surface area contributed by atoms with Crippen LogP contribution in [0.25, 0.3) is 0 Å². The molecule has 3 N–H and O–H groups in total. The molecule has 3 nitrogen and oxygen atoms in total. The van der Waals surface area contributed by atoms with Gasteiger partial charge >= 0.3 is 0 Å². The Bertz CT molecular complexity index is 473. The number of hydrazine groups is 1. The second kappa shape index (κ2) is 6.93. The van der Waals surface area contributed by atoms with Gasteiger partial charge in [-0.25, -0.2) is 0 Å². The number of anilines is 1. The van der Waals surface area contributed by atoms with Crippen molar-refractivity contribution in [1.82, 2.24) is 10.7 Å². The van der Waals surface area contributed by atoms with Crippen LogP contribution in [0.1, 0.15) is 43.7 Å². The van der Waals surface area contributed by atoms with E-state index in [-0.39, 0.29) is 0 Å². The third kappa shape index (κ3) is 4.10. The van der Waals surface area contributed by atoms with Gasteiger partial charge in [0, 0.05) is 6.04 Å². The topological polar surface area (TPSA) is 36.1 Å². The molecule has 4 heteroatoms. The molecule has 1 aliphatic rings. The zero-order valence-corrected chi connectivity index (χ0v) is 13.4. The molecule has 0 aromatic heterocycles. The quantitative estimate of drug-likeness (QED) is 0.586. The summed E-state index contributed by atoms with van der Waals surface area (Å²) >= 11 is 5.38. The molecule has 0 amide bonds. The first-order valence-corrected chi connectivity index (χ1v) is 7.87. The highest BCUT2D eigenvalue weighted by Crippen LogP contribution is 2.23. The Morgan fingerprint density at radius 1 is 1.20 bits per heavy atom. The van der Waals surface area contributed by atoms with Crippen molar-refractivity contribution >= 4 is 23.0 Å². The monoisotopic (exact) mass is 291 g/mol. The van der Waals surface area contributed by atoms with E-state index in [0.29, 0.717) is 17.1 Å². The van der Waals surface area contributed by atoms with Crippen LogP contribution in [0.5, 0.6) is 0 Å². The van der Waals surface area contributed by atoms with Gasteiger partial charge in [0.1, 0.15) is 0 Å².